The Kier molecular flexibility index (Phi) is 7.23. The molecule has 1 unspecified atom stereocenters. The van der Waals surface area contributed by atoms with Gasteiger partial charge in [-0.2, -0.15) is 0 Å². The number of carbonyl (C=O) groups is 1. The van der Waals surface area contributed by atoms with E-state index in [0.717, 1.165) is 35.7 Å². The number of nitrogens with zero attached hydrogens (tertiary/aromatic N) is 3. The summed E-state index contributed by atoms with van der Waals surface area (Å²) >= 11 is 0. The first-order chi connectivity index (χ1) is 16.0. The number of rotatable bonds is 6. The molecule has 0 saturated carbocycles. The predicted octanol–water partition coefficient (Wildman–Crippen LogP) is 5.55. The van der Waals surface area contributed by atoms with Gasteiger partial charge in [0.2, 0.25) is 0 Å². The van der Waals surface area contributed by atoms with Crippen LogP contribution in [0.25, 0.3) is 11.3 Å². The van der Waals surface area contributed by atoms with Crippen LogP contribution in [0.3, 0.4) is 0 Å². The number of ether oxygens (including phenoxy) is 1. The fraction of sp³-hybridized carbons (Fsp3) is 0.370. The summed E-state index contributed by atoms with van der Waals surface area (Å²) in [6.45, 7) is 7.91. The van der Waals surface area contributed by atoms with E-state index in [9.17, 15) is 4.79 Å². The highest BCUT2D eigenvalue weighted by atomic mass is 16.5. The molecule has 172 valence electrons. The van der Waals surface area contributed by atoms with E-state index < -0.39 is 6.10 Å². The highest BCUT2D eigenvalue weighted by Crippen LogP contribution is 2.24. The summed E-state index contributed by atoms with van der Waals surface area (Å²) < 4.78 is 5.84. The number of hydrogen-bond donors (Lipinski definition) is 1. The first kappa shape index (κ1) is 22.8. The first-order valence-electron chi connectivity index (χ1n) is 11.7. The SMILES string of the molecule is Cc1ccc(OC(C)C(=O)Nc2cccc(-c3ccc(N4CCCCCC4)nn3)c2)cc1C. The highest BCUT2D eigenvalue weighted by Gasteiger charge is 2.16. The highest BCUT2D eigenvalue weighted by molar-refractivity contribution is 5.94. The molecule has 2 heterocycles. The van der Waals surface area contributed by atoms with Gasteiger partial charge >= 0.3 is 0 Å². The number of anilines is 2. The normalized spacial score (nSPS) is 14.9. The van der Waals surface area contributed by atoms with Crippen LogP contribution in [-0.2, 0) is 4.79 Å². The maximum absolute atomic E-state index is 12.7. The van der Waals surface area contributed by atoms with Crippen molar-refractivity contribution in [2.45, 2.75) is 52.6 Å². The van der Waals surface area contributed by atoms with Crippen LogP contribution in [0.5, 0.6) is 5.75 Å². The second-order valence-corrected chi connectivity index (χ2v) is 8.75. The Morgan fingerprint density at radius 3 is 2.42 bits per heavy atom. The molecular weight excluding hydrogens is 412 g/mol. The molecule has 0 aliphatic carbocycles. The van der Waals surface area contributed by atoms with E-state index in [1.165, 1.54) is 31.2 Å². The van der Waals surface area contributed by atoms with E-state index in [-0.39, 0.29) is 5.91 Å². The van der Waals surface area contributed by atoms with E-state index in [1.807, 2.05) is 61.5 Å². The van der Waals surface area contributed by atoms with Gasteiger partial charge < -0.3 is 15.0 Å². The molecular formula is C27H32N4O2. The molecule has 0 bridgehead atoms. The molecule has 1 atom stereocenters. The molecule has 33 heavy (non-hydrogen) atoms. The fourth-order valence-corrected chi connectivity index (χ4v) is 3.99. The van der Waals surface area contributed by atoms with Crippen LogP contribution < -0.4 is 15.0 Å². The van der Waals surface area contributed by atoms with Gasteiger partial charge in [0.1, 0.15) is 5.75 Å². The maximum Gasteiger partial charge on any atom is 0.265 e. The number of aryl methyl sites for hydroxylation is 2. The average molecular weight is 445 g/mol. The van der Waals surface area contributed by atoms with Gasteiger partial charge in [-0.05, 0) is 81.1 Å². The van der Waals surface area contributed by atoms with Crippen molar-refractivity contribution in [1.82, 2.24) is 10.2 Å². The number of hydrogen-bond acceptors (Lipinski definition) is 5. The van der Waals surface area contributed by atoms with Crippen molar-refractivity contribution in [3.05, 3.63) is 65.7 Å². The van der Waals surface area contributed by atoms with Crippen molar-refractivity contribution in [1.29, 1.82) is 0 Å². The minimum Gasteiger partial charge on any atom is -0.481 e. The van der Waals surface area contributed by atoms with Crippen LogP contribution in [0.2, 0.25) is 0 Å². The monoisotopic (exact) mass is 444 g/mol. The van der Waals surface area contributed by atoms with Gasteiger partial charge in [-0.15, -0.1) is 10.2 Å². The quantitative estimate of drug-likeness (QED) is 0.540. The van der Waals surface area contributed by atoms with Gasteiger partial charge in [0.25, 0.3) is 5.91 Å². The molecule has 1 aromatic heterocycles. The van der Waals surface area contributed by atoms with Crippen LogP contribution >= 0.6 is 0 Å². The lowest BCUT2D eigenvalue weighted by Crippen LogP contribution is -2.30. The third-order valence-corrected chi connectivity index (χ3v) is 6.17. The van der Waals surface area contributed by atoms with Crippen molar-refractivity contribution in [3.63, 3.8) is 0 Å². The minimum atomic E-state index is -0.622. The van der Waals surface area contributed by atoms with E-state index in [1.54, 1.807) is 6.92 Å². The van der Waals surface area contributed by atoms with Crippen molar-refractivity contribution >= 4 is 17.4 Å². The van der Waals surface area contributed by atoms with Crippen molar-refractivity contribution in [3.8, 4) is 17.0 Å². The van der Waals surface area contributed by atoms with E-state index >= 15 is 0 Å². The number of carbonyl (C=O) groups excluding carboxylic acids is 1. The number of benzene rings is 2. The summed E-state index contributed by atoms with van der Waals surface area (Å²) in [4.78, 5) is 15.0. The third kappa shape index (κ3) is 5.89. The van der Waals surface area contributed by atoms with Crippen LogP contribution in [0.15, 0.2) is 54.6 Å². The molecule has 0 radical (unpaired) electrons. The van der Waals surface area contributed by atoms with Gasteiger partial charge in [0.15, 0.2) is 11.9 Å². The Bertz CT molecular complexity index is 1090. The molecule has 1 aliphatic rings. The van der Waals surface area contributed by atoms with Crippen molar-refractivity contribution in [2.24, 2.45) is 0 Å². The summed E-state index contributed by atoms with van der Waals surface area (Å²) in [6, 6.07) is 17.5. The fourth-order valence-electron chi connectivity index (χ4n) is 3.99. The Labute approximate surface area is 196 Å². The second-order valence-electron chi connectivity index (χ2n) is 8.75. The van der Waals surface area contributed by atoms with E-state index in [4.69, 9.17) is 4.74 Å². The van der Waals surface area contributed by atoms with Crippen LogP contribution in [0.4, 0.5) is 11.5 Å². The largest absolute Gasteiger partial charge is 0.481 e. The molecule has 1 aliphatic heterocycles. The van der Waals surface area contributed by atoms with Gasteiger partial charge in [-0.1, -0.05) is 31.0 Å². The van der Waals surface area contributed by atoms with E-state index in [0.29, 0.717) is 11.4 Å². The lowest BCUT2D eigenvalue weighted by molar-refractivity contribution is -0.122. The number of aromatic nitrogens is 2. The van der Waals surface area contributed by atoms with Crippen molar-refractivity contribution in [2.75, 3.05) is 23.3 Å². The molecule has 2 aromatic carbocycles. The standard InChI is InChI=1S/C27H32N4O2/c1-19-11-12-24(17-20(19)2)33-21(3)27(32)28-23-10-8-9-22(18-23)25-13-14-26(30-29-25)31-15-6-4-5-7-16-31/h8-14,17-18,21H,4-7,15-16H2,1-3H3,(H,28,32). The molecule has 4 rings (SSSR count). The lowest BCUT2D eigenvalue weighted by Gasteiger charge is -2.20. The molecule has 6 heteroatoms. The summed E-state index contributed by atoms with van der Waals surface area (Å²) in [5.41, 5.74) is 4.72. The molecule has 6 nitrogen and oxygen atoms in total. The summed E-state index contributed by atoms with van der Waals surface area (Å²) in [5.74, 6) is 1.42. The zero-order chi connectivity index (χ0) is 23.2. The summed E-state index contributed by atoms with van der Waals surface area (Å²) in [6.07, 6.45) is 4.36. The van der Waals surface area contributed by atoms with Crippen molar-refractivity contribution < 1.29 is 9.53 Å². The number of amides is 1. The lowest BCUT2D eigenvalue weighted by atomic mass is 10.1. The summed E-state index contributed by atoms with van der Waals surface area (Å²) in [7, 11) is 0. The molecule has 3 aromatic rings. The van der Waals surface area contributed by atoms with Crippen LogP contribution in [0.1, 0.15) is 43.7 Å². The van der Waals surface area contributed by atoms with Crippen LogP contribution in [0, 0.1) is 13.8 Å². The molecule has 1 fully saturated rings. The zero-order valence-electron chi connectivity index (χ0n) is 19.7. The molecule has 0 spiro atoms. The van der Waals surface area contributed by atoms with Gasteiger partial charge in [0, 0.05) is 24.3 Å². The van der Waals surface area contributed by atoms with Gasteiger partial charge in [0.05, 0.1) is 5.69 Å². The van der Waals surface area contributed by atoms with E-state index in [2.05, 4.69) is 27.3 Å². The molecule has 1 saturated heterocycles. The minimum absolute atomic E-state index is 0.201. The summed E-state index contributed by atoms with van der Waals surface area (Å²) in [5, 5.41) is 11.9. The topological polar surface area (TPSA) is 67.3 Å². The number of nitrogens with one attached hydrogen (secondary N) is 1. The maximum atomic E-state index is 12.7. The smallest absolute Gasteiger partial charge is 0.265 e. The zero-order valence-corrected chi connectivity index (χ0v) is 19.7. The van der Waals surface area contributed by atoms with Crippen LogP contribution in [-0.4, -0.2) is 35.3 Å². The third-order valence-electron chi connectivity index (χ3n) is 6.17. The Morgan fingerprint density at radius 1 is 0.939 bits per heavy atom. The Balaban J connectivity index is 1.40. The Hall–Kier alpha value is -3.41. The Morgan fingerprint density at radius 2 is 1.73 bits per heavy atom. The second kappa shape index (κ2) is 10.5. The van der Waals surface area contributed by atoms with Gasteiger partial charge in [-0.3, -0.25) is 4.79 Å². The first-order valence-corrected chi connectivity index (χ1v) is 11.7. The molecule has 1 N–H and O–H groups in total. The average Bonchev–Trinajstić information content (AvgIpc) is 3.11. The molecule has 1 amide bonds. The van der Waals surface area contributed by atoms with Gasteiger partial charge in [-0.25, -0.2) is 0 Å². The predicted molar refractivity (Wildman–Crippen MR) is 133 cm³/mol.